The van der Waals surface area contributed by atoms with Crippen LogP contribution in [0.1, 0.15) is 35.9 Å². The van der Waals surface area contributed by atoms with E-state index in [-0.39, 0.29) is 6.04 Å². The monoisotopic (exact) mass is 319 g/mol. The molecule has 2 rings (SSSR count). The van der Waals surface area contributed by atoms with Gasteiger partial charge in [0.15, 0.2) is 0 Å². The van der Waals surface area contributed by atoms with Crippen molar-refractivity contribution in [3.8, 4) is 0 Å². The second-order valence-corrected chi connectivity index (χ2v) is 7.39. The Hall–Kier alpha value is -0.0600. The van der Waals surface area contributed by atoms with Gasteiger partial charge in [0, 0.05) is 17.5 Å². The van der Waals surface area contributed by atoms with Gasteiger partial charge in [-0.25, -0.2) is 0 Å². The van der Waals surface area contributed by atoms with E-state index in [0.717, 1.165) is 27.2 Å². The molecule has 1 N–H and O–H groups in total. The van der Waals surface area contributed by atoms with E-state index >= 15 is 0 Å². The molecule has 0 aliphatic heterocycles. The summed E-state index contributed by atoms with van der Waals surface area (Å²) in [7, 11) is 0. The number of thiophene rings is 2. The zero-order chi connectivity index (χ0) is 13.1. The van der Waals surface area contributed by atoms with Gasteiger partial charge in [-0.15, -0.1) is 22.7 Å². The van der Waals surface area contributed by atoms with Crippen LogP contribution < -0.4 is 5.32 Å². The Labute approximate surface area is 126 Å². The fraction of sp³-hybridized carbons (Fsp3) is 0.385. The SMILES string of the molecule is CCc1ccsc1CNC(C)c1cc(Cl)sc1Cl. The third-order valence-electron chi connectivity index (χ3n) is 2.94. The number of aryl methyl sites for hydroxylation is 1. The largest absolute Gasteiger partial charge is 0.305 e. The topological polar surface area (TPSA) is 12.0 Å². The zero-order valence-electron chi connectivity index (χ0n) is 10.3. The molecule has 5 heteroatoms. The van der Waals surface area contributed by atoms with Crippen LogP contribution in [-0.4, -0.2) is 0 Å². The lowest BCUT2D eigenvalue weighted by Crippen LogP contribution is -2.17. The molecule has 2 heterocycles. The van der Waals surface area contributed by atoms with Gasteiger partial charge in [0.05, 0.1) is 8.67 Å². The van der Waals surface area contributed by atoms with Gasteiger partial charge in [-0.1, -0.05) is 30.1 Å². The summed E-state index contributed by atoms with van der Waals surface area (Å²) in [5.74, 6) is 0. The Balaban J connectivity index is 2.00. The quantitative estimate of drug-likeness (QED) is 0.764. The van der Waals surface area contributed by atoms with Crippen molar-refractivity contribution in [2.75, 3.05) is 0 Å². The molecule has 0 amide bonds. The van der Waals surface area contributed by atoms with Gasteiger partial charge in [0.1, 0.15) is 0 Å². The molecule has 2 aromatic heterocycles. The van der Waals surface area contributed by atoms with Crippen LogP contribution in [0.25, 0.3) is 0 Å². The van der Waals surface area contributed by atoms with Gasteiger partial charge in [0.2, 0.25) is 0 Å². The van der Waals surface area contributed by atoms with Crippen molar-refractivity contribution in [2.24, 2.45) is 0 Å². The third kappa shape index (κ3) is 3.28. The summed E-state index contributed by atoms with van der Waals surface area (Å²) in [6.45, 7) is 5.18. The highest BCUT2D eigenvalue weighted by atomic mass is 35.5. The molecule has 0 spiro atoms. The van der Waals surface area contributed by atoms with E-state index in [0.29, 0.717) is 0 Å². The van der Waals surface area contributed by atoms with Crippen molar-refractivity contribution in [3.63, 3.8) is 0 Å². The normalized spacial score (nSPS) is 12.9. The van der Waals surface area contributed by atoms with Crippen molar-refractivity contribution in [1.29, 1.82) is 0 Å². The van der Waals surface area contributed by atoms with Crippen LogP contribution in [0.2, 0.25) is 8.67 Å². The van der Waals surface area contributed by atoms with E-state index in [1.54, 1.807) is 11.3 Å². The summed E-state index contributed by atoms with van der Waals surface area (Å²) in [6.07, 6.45) is 1.08. The van der Waals surface area contributed by atoms with E-state index in [4.69, 9.17) is 23.2 Å². The molecule has 0 saturated heterocycles. The van der Waals surface area contributed by atoms with E-state index in [1.807, 2.05) is 6.07 Å². The molecule has 1 unspecified atom stereocenters. The van der Waals surface area contributed by atoms with Crippen LogP contribution in [0.4, 0.5) is 0 Å². The molecule has 0 fully saturated rings. The second kappa shape index (κ2) is 6.40. The Kier molecular flexibility index (Phi) is 5.10. The first kappa shape index (κ1) is 14.4. The molecule has 0 aliphatic rings. The minimum Gasteiger partial charge on any atom is -0.305 e. The van der Waals surface area contributed by atoms with Gasteiger partial charge in [0.25, 0.3) is 0 Å². The number of hydrogen-bond acceptors (Lipinski definition) is 3. The highest BCUT2D eigenvalue weighted by molar-refractivity contribution is 7.20. The first-order chi connectivity index (χ1) is 8.61. The molecule has 0 bridgehead atoms. The molecule has 18 heavy (non-hydrogen) atoms. The van der Waals surface area contributed by atoms with Crippen molar-refractivity contribution in [2.45, 2.75) is 32.9 Å². The Morgan fingerprint density at radius 1 is 1.39 bits per heavy atom. The van der Waals surface area contributed by atoms with Crippen LogP contribution in [0.5, 0.6) is 0 Å². The lowest BCUT2D eigenvalue weighted by Gasteiger charge is -2.13. The molecule has 0 radical (unpaired) electrons. The highest BCUT2D eigenvalue weighted by Gasteiger charge is 2.13. The molecule has 98 valence electrons. The van der Waals surface area contributed by atoms with Crippen LogP contribution in [0.3, 0.4) is 0 Å². The summed E-state index contributed by atoms with van der Waals surface area (Å²) in [5, 5.41) is 5.65. The summed E-state index contributed by atoms with van der Waals surface area (Å²) in [4.78, 5) is 1.40. The molecular formula is C13H15Cl2NS2. The van der Waals surface area contributed by atoms with Gasteiger partial charge in [-0.2, -0.15) is 0 Å². The van der Waals surface area contributed by atoms with E-state index in [2.05, 4.69) is 30.6 Å². The molecule has 1 atom stereocenters. The van der Waals surface area contributed by atoms with Crippen molar-refractivity contribution in [1.82, 2.24) is 5.32 Å². The highest BCUT2D eigenvalue weighted by Crippen LogP contribution is 2.35. The van der Waals surface area contributed by atoms with Gasteiger partial charge < -0.3 is 5.32 Å². The average Bonchev–Trinajstić information content (AvgIpc) is 2.92. The maximum atomic E-state index is 6.16. The van der Waals surface area contributed by atoms with E-state index in [9.17, 15) is 0 Å². The van der Waals surface area contributed by atoms with Crippen molar-refractivity contribution >= 4 is 45.9 Å². The fourth-order valence-corrected chi connectivity index (χ4v) is 4.41. The Morgan fingerprint density at radius 2 is 2.17 bits per heavy atom. The Morgan fingerprint density at radius 3 is 2.78 bits per heavy atom. The number of halogens is 2. The van der Waals surface area contributed by atoms with Crippen LogP contribution >= 0.6 is 45.9 Å². The predicted octanol–water partition coefficient (Wildman–Crippen LogP) is 5.53. The lowest BCUT2D eigenvalue weighted by molar-refractivity contribution is 0.579. The van der Waals surface area contributed by atoms with E-state index in [1.165, 1.54) is 21.8 Å². The molecular weight excluding hydrogens is 305 g/mol. The van der Waals surface area contributed by atoms with Crippen molar-refractivity contribution in [3.05, 3.63) is 42.2 Å². The standard InChI is InChI=1S/C13H15Cl2NS2/c1-3-9-4-5-17-11(9)7-16-8(2)10-6-12(14)18-13(10)15/h4-6,8,16H,3,7H2,1-2H3. The van der Waals surface area contributed by atoms with Gasteiger partial charge >= 0.3 is 0 Å². The van der Waals surface area contributed by atoms with E-state index < -0.39 is 0 Å². The maximum Gasteiger partial charge on any atom is 0.0991 e. The van der Waals surface area contributed by atoms with Crippen LogP contribution in [0, 0.1) is 0 Å². The first-order valence-corrected chi connectivity index (χ1v) is 8.30. The maximum absolute atomic E-state index is 6.16. The van der Waals surface area contributed by atoms with Crippen LogP contribution in [-0.2, 0) is 13.0 Å². The van der Waals surface area contributed by atoms with Crippen molar-refractivity contribution < 1.29 is 0 Å². The molecule has 0 aromatic carbocycles. The molecule has 0 aliphatic carbocycles. The number of rotatable bonds is 5. The molecule has 0 saturated carbocycles. The average molecular weight is 320 g/mol. The summed E-state index contributed by atoms with van der Waals surface area (Å²) < 4.78 is 1.52. The summed E-state index contributed by atoms with van der Waals surface area (Å²) >= 11 is 15.3. The minimum absolute atomic E-state index is 0.216. The number of hydrogen-bond donors (Lipinski definition) is 1. The summed E-state index contributed by atoms with van der Waals surface area (Å²) in [6, 6.07) is 4.36. The van der Waals surface area contributed by atoms with Crippen LogP contribution in [0.15, 0.2) is 17.5 Å². The van der Waals surface area contributed by atoms with Gasteiger partial charge in [-0.3, -0.25) is 0 Å². The first-order valence-electron chi connectivity index (χ1n) is 5.85. The zero-order valence-corrected chi connectivity index (χ0v) is 13.4. The fourth-order valence-electron chi connectivity index (χ4n) is 1.84. The molecule has 1 nitrogen and oxygen atoms in total. The van der Waals surface area contributed by atoms with Gasteiger partial charge in [-0.05, 0) is 42.0 Å². The summed E-state index contributed by atoms with van der Waals surface area (Å²) in [5.41, 5.74) is 2.51. The smallest absolute Gasteiger partial charge is 0.0991 e. The molecule has 2 aromatic rings. The number of nitrogens with one attached hydrogen (secondary N) is 1. The Bertz CT molecular complexity index is 519. The minimum atomic E-state index is 0.216. The predicted molar refractivity (Wildman–Crippen MR) is 83.3 cm³/mol. The lowest BCUT2D eigenvalue weighted by atomic mass is 10.1. The second-order valence-electron chi connectivity index (χ2n) is 4.10. The third-order valence-corrected chi connectivity index (χ3v) is 5.42.